The number of thioether (sulfide) groups is 1. The highest BCUT2D eigenvalue weighted by atomic mass is 79.9. The lowest BCUT2D eigenvalue weighted by molar-refractivity contribution is -0.118. The topological polar surface area (TPSA) is 41.5 Å². The highest BCUT2D eigenvalue weighted by Gasteiger charge is 2.03. The minimum atomic E-state index is -0.0746. The lowest BCUT2D eigenvalue weighted by atomic mass is 10.1. The van der Waals surface area contributed by atoms with Crippen LogP contribution in [0.2, 0.25) is 0 Å². The Labute approximate surface area is 149 Å². The average molecular weight is 391 g/mol. The highest BCUT2D eigenvalue weighted by molar-refractivity contribution is 9.10. The van der Waals surface area contributed by atoms with E-state index in [0.29, 0.717) is 5.75 Å². The summed E-state index contributed by atoms with van der Waals surface area (Å²) in [5.41, 5.74) is 5.88. The van der Waals surface area contributed by atoms with E-state index < -0.39 is 0 Å². The van der Waals surface area contributed by atoms with Crippen LogP contribution in [0.4, 0.5) is 0 Å². The van der Waals surface area contributed by atoms with Gasteiger partial charge in [-0.25, -0.2) is 5.43 Å². The van der Waals surface area contributed by atoms with Gasteiger partial charge >= 0.3 is 0 Å². The number of halogens is 1. The van der Waals surface area contributed by atoms with Gasteiger partial charge in [0.1, 0.15) is 0 Å². The number of amides is 1. The van der Waals surface area contributed by atoms with E-state index in [0.717, 1.165) is 22.4 Å². The van der Waals surface area contributed by atoms with Crippen LogP contribution in [0.1, 0.15) is 18.1 Å². The molecule has 0 aliphatic rings. The van der Waals surface area contributed by atoms with Gasteiger partial charge in [0, 0.05) is 22.4 Å². The maximum Gasteiger partial charge on any atom is 0.250 e. The molecule has 0 aliphatic heterocycles. The predicted octanol–water partition coefficient (Wildman–Crippen LogP) is 4.42. The summed E-state index contributed by atoms with van der Waals surface area (Å²) in [5.74, 6) is 1.11. The van der Waals surface area contributed by atoms with Crippen LogP contribution in [0, 0.1) is 0 Å². The zero-order valence-electron chi connectivity index (χ0n) is 13.0. The number of carbonyl (C=O) groups excluding carboxylic acids is 1. The van der Waals surface area contributed by atoms with Crippen molar-refractivity contribution in [2.45, 2.75) is 19.1 Å². The standard InChI is InChI=1S/C18H19BrN2OS/c1-14(11-15-7-3-2-4-8-15)20-21-18(22)13-23-12-16-9-5-6-10-17(16)19/h2-10H,11-13H2,1H3,(H,21,22)/b20-14-. The molecule has 2 aromatic carbocycles. The summed E-state index contributed by atoms with van der Waals surface area (Å²) in [4.78, 5) is 11.8. The second kappa shape index (κ2) is 9.53. The van der Waals surface area contributed by atoms with Crippen molar-refractivity contribution in [1.29, 1.82) is 0 Å². The number of benzene rings is 2. The SMILES string of the molecule is C/C(Cc1ccccc1)=N/NC(=O)CSCc1ccccc1Br. The summed E-state index contributed by atoms with van der Waals surface area (Å²) in [7, 11) is 0. The van der Waals surface area contributed by atoms with Gasteiger partial charge < -0.3 is 0 Å². The first-order chi connectivity index (χ1) is 11.1. The summed E-state index contributed by atoms with van der Waals surface area (Å²) >= 11 is 5.08. The Morgan fingerprint density at radius 3 is 2.57 bits per heavy atom. The Kier molecular flexibility index (Phi) is 7.36. The molecule has 1 N–H and O–H groups in total. The maximum absolute atomic E-state index is 11.8. The quantitative estimate of drug-likeness (QED) is 0.561. The molecule has 2 rings (SSSR count). The molecule has 23 heavy (non-hydrogen) atoms. The van der Waals surface area contributed by atoms with Crippen LogP contribution < -0.4 is 5.43 Å². The lowest BCUT2D eigenvalue weighted by Crippen LogP contribution is -2.21. The molecule has 0 unspecified atom stereocenters. The molecule has 0 heterocycles. The van der Waals surface area contributed by atoms with Gasteiger partial charge in [0.05, 0.1) is 5.75 Å². The van der Waals surface area contributed by atoms with Gasteiger partial charge in [0.15, 0.2) is 0 Å². The summed E-state index contributed by atoms with van der Waals surface area (Å²) in [5, 5.41) is 4.16. The van der Waals surface area contributed by atoms with E-state index in [-0.39, 0.29) is 5.91 Å². The van der Waals surface area contributed by atoms with Gasteiger partial charge in [0.2, 0.25) is 5.91 Å². The Bertz CT molecular complexity index is 674. The number of hydrogen-bond donors (Lipinski definition) is 1. The van der Waals surface area contributed by atoms with Crippen molar-refractivity contribution in [2.75, 3.05) is 5.75 Å². The number of nitrogens with one attached hydrogen (secondary N) is 1. The van der Waals surface area contributed by atoms with Gasteiger partial charge in [-0.05, 0) is 24.1 Å². The van der Waals surface area contributed by atoms with E-state index in [9.17, 15) is 4.79 Å². The molecule has 0 radical (unpaired) electrons. The third-order valence-corrected chi connectivity index (χ3v) is 4.88. The van der Waals surface area contributed by atoms with Crippen molar-refractivity contribution >= 4 is 39.3 Å². The largest absolute Gasteiger partial charge is 0.272 e. The fourth-order valence-electron chi connectivity index (χ4n) is 1.99. The van der Waals surface area contributed by atoms with Crippen molar-refractivity contribution in [2.24, 2.45) is 5.10 Å². The summed E-state index contributed by atoms with van der Waals surface area (Å²) in [6.45, 7) is 1.92. The van der Waals surface area contributed by atoms with Crippen LogP contribution in [-0.2, 0) is 17.0 Å². The molecular formula is C18H19BrN2OS. The van der Waals surface area contributed by atoms with Crippen molar-refractivity contribution in [3.8, 4) is 0 Å². The zero-order valence-corrected chi connectivity index (χ0v) is 15.4. The molecule has 0 spiro atoms. The van der Waals surface area contributed by atoms with E-state index in [4.69, 9.17) is 0 Å². The monoisotopic (exact) mass is 390 g/mol. The zero-order chi connectivity index (χ0) is 16.5. The van der Waals surface area contributed by atoms with Crippen molar-refractivity contribution in [1.82, 2.24) is 5.43 Å². The normalized spacial score (nSPS) is 11.3. The molecule has 3 nitrogen and oxygen atoms in total. The third-order valence-electron chi connectivity index (χ3n) is 3.12. The van der Waals surface area contributed by atoms with Gasteiger partial charge in [-0.1, -0.05) is 64.5 Å². The molecule has 0 saturated carbocycles. The maximum atomic E-state index is 11.8. The molecular weight excluding hydrogens is 372 g/mol. The average Bonchev–Trinajstić information content (AvgIpc) is 2.56. The van der Waals surface area contributed by atoms with Gasteiger partial charge in [0.25, 0.3) is 0 Å². The van der Waals surface area contributed by atoms with E-state index in [1.807, 2.05) is 43.3 Å². The van der Waals surface area contributed by atoms with Crippen LogP contribution in [0.3, 0.4) is 0 Å². The van der Waals surface area contributed by atoms with E-state index in [1.165, 1.54) is 11.1 Å². The second-order valence-electron chi connectivity index (χ2n) is 5.13. The molecule has 2 aromatic rings. The minimum absolute atomic E-state index is 0.0746. The van der Waals surface area contributed by atoms with Gasteiger partial charge in [-0.2, -0.15) is 5.10 Å². The molecule has 0 aromatic heterocycles. The van der Waals surface area contributed by atoms with Crippen LogP contribution in [0.25, 0.3) is 0 Å². The first-order valence-corrected chi connectivity index (χ1v) is 9.27. The van der Waals surface area contributed by atoms with Crippen molar-refractivity contribution in [3.05, 3.63) is 70.2 Å². The second-order valence-corrected chi connectivity index (χ2v) is 6.97. The number of nitrogens with zero attached hydrogens (tertiary/aromatic N) is 1. The Hall–Kier alpha value is -1.59. The fraction of sp³-hybridized carbons (Fsp3) is 0.222. The molecule has 5 heteroatoms. The van der Waals surface area contributed by atoms with Crippen LogP contribution in [0.15, 0.2) is 64.2 Å². The lowest BCUT2D eigenvalue weighted by Gasteiger charge is -2.05. The predicted molar refractivity (Wildman–Crippen MR) is 102 cm³/mol. The molecule has 0 fully saturated rings. The van der Waals surface area contributed by atoms with Crippen LogP contribution in [-0.4, -0.2) is 17.4 Å². The number of hydrazone groups is 1. The number of hydrogen-bond acceptors (Lipinski definition) is 3. The molecule has 1 amide bonds. The Morgan fingerprint density at radius 1 is 1.13 bits per heavy atom. The Balaban J connectivity index is 1.72. The molecule has 0 aliphatic carbocycles. The van der Waals surface area contributed by atoms with Crippen molar-refractivity contribution in [3.63, 3.8) is 0 Å². The third kappa shape index (κ3) is 6.59. The van der Waals surface area contributed by atoms with Gasteiger partial charge in [-0.3, -0.25) is 4.79 Å². The van der Waals surface area contributed by atoms with Crippen LogP contribution in [0.5, 0.6) is 0 Å². The Morgan fingerprint density at radius 2 is 1.83 bits per heavy atom. The fourth-order valence-corrected chi connectivity index (χ4v) is 3.42. The molecule has 120 valence electrons. The molecule has 0 bridgehead atoms. The highest BCUT2D eigenvalue weighted by Crippen LogP contribution is 2.20. The number of carbonyl (C=O) groups is 1. The van der Waals surface area contributed by atoms with Crippen molar-refractivity contribution < 1.29 is 4.79 Å². The summed E-state index contributed by atoms with van der Waals surface area (Å²) in [6.07, 6.45) is 0.741. The number of rotatable bonds is 7. The minimum Gasteiger partial charge on any atom is -0.272 e. The smallest absolute Gasteiger partial charge is 0.250 e. The van der Waals surface area contributed by atoms with E-state index >= 15 is 0 Å². The molecule has 0 saturated heterocycles. The first kappa shape index (κ1) is 17.8. The molecule has 0 atom stereocenters. The van der Waals surface area contributed by atoms with Crippen LogP contribution >= 0.6 is 27.7 Å². The summed E-state index contributed by atoms with van der Waals surface area (Å²) < 4.78 is 1.07. The summed E-state index contributed by atoms with van der Waals surface area (Å²) in [6, 6.07) is 18.1. The van der Waals surface area contributed by atoms with E-state index in [1.54, 1.807) is 11.8 Å². The first-order valence-electron chi connectivity index (χ1n) is 7.32. The van der Waals surface area contributed by atoms with Gasteiger partial charge in [-0.15, -0.1) is 11.8 Å². The van der Waals surface area contributed by atoms with E-state index in [2.05, 4.69) is 44.7 Å².